The van der Waals surface area contributed by atoms with E-state index >= 15 is 0 Å². The Hall–Kier alpha value is -0.650. The van der Waals surface area contributed by atoms with Crippen molar-refractivity contribution in [1.29, 1.82) is 0 Å². The van der Waals surface area contributed by atoms with Gasteiger partial charge in [-0.15, -0.1) is 0 Å². The quantitative estimate of drug-likeness (QED) is 0.765. The number of hydrogen-bond donors (Lipinski definition) is 2. The summed E-state index contributed by atoms with van der Waals surface area (Å²) in [4.78, 5) is 17.3. The van der Waals surface area contributed by atoms with E-state index in [-0.39, 0.29) is 5.91 Å². The van der Waals surface area contributed by atoms with Gasteiger partial charge < -0.3 is 11.1 Å². The SMILES string of the molecule is NC(=O)C1(NC2CC2)CCC(N2CCN(C3CC3)CC2)C1. The van der Waals surface area contributed by atoms with Crippen molar-refractivity contribution in [1.82, 2.24) is 15.1 Å². The molecule has 3 N–H and O–H groups in total. The Kier molecular flexibility index (Phi) is 3.47. The van der Waals surface area contributed by atoms with Gasteiger partial charge in [0.25, 0.3) is 0 Å². The highest BCUT2D eigenvalue weighted by Gasteiger charge is 2.48. The van der Waals surface area contributed by atoms with Crippen molar-refractivity contribution in [3.63, 3.8) is 0 Å². The van der Waals surface area contributed by atoms with Crippen molar-refractivity contribution in [3.05, 3.63) is 0 Å². The second kappa shape index (κ2) is 5.21. The zero-order chi connectivity index (χ0) is 14.4. The van der Waals surface area contributed by atoms with Crippen LogP contribution in [0.2, 0.25) is 0 Å². The second-order valence-corrected chi connectivity index (χ2v) is 7.56. The predicted octanol–water partition coefficient (Wildman–Crippen LogP) is 0.295. The van der Waals surface area contributed by atoms with Gasteiger partial charge in [0.2, 0.25) is 5.91 Å². The highest BCUT2D eigenvalue weighted by Crippen LogP contribution is 2.37. The molecule has 1 aliphatic heterocycles. The first kappa shape index (κ1) is 14.0. The Morgan fingerprint density at radius 2 is 1.57 bits per heavy atom. The summed E-state index contributed by atoms with van der Waals surface area (Å²) in [7, 11) is 0. The molecule has 5 nitrogen and oxygen atoms in total. The molecule has 0 aromatic rings. The minimum absolute atomic E-state index is 0.131. The van der Waals surface area contributed by atoms with Crippen LogP contribution in [0.5, 0.6) is 0 Å². The van der Waals surface area contributed by atoms with Gasteiger partial charge in [-0.3, -0.25) is 14.6 Å². The average molecular weight is 292 g/mol. The van der Waals surface area contributed by atoms with Crippen molar-refractivity contribution in [2.75, 3.05) is 26.2 Å². The van der Waals surface area contributed by atoms with Crippen LogP contribution in [0.25, 0.3) is 0 Å². The van der Waals surface area contributed by atoms with Gasteiger partial charge in [-0.1, -0.05) is 0 Å². The maximum atomic E-state index is 12.0. The molecule has 1 saturated heterocycles. The van der Waals surface area contributed by atoms with Crippen LogP contribution >= 0.6 is 0 Å². The van der Waals surface area contributed by atoms with Gasteiger partial charge in [0, 0.05) is 44.3 Å². The van der Waals surface area contributed by atoms with E-state index in [4.69, 9.17) is 5.73 Å². The molecule has 0 bridgehead atoms. The molecule has 0 aromatic heterocycles. The third-order valence-corrected chi connectivity index (χ3v) is 5.95. The van der Waals surface area contributed by atoms with Crippen LogP contribution in [-0.4, -0.2) is 65.6 Å². The summed E-state index contributed by atoms with van der Waals surface area (Å²) >= 11 is 0. The summed E-state index contributed by atoms with van der Waals surface area (Å²) < 4.78 is 0. The molecule has 2 unspecified atom stereocenters. The molecule has 1 amide bonds. The van der Waals surface area contributed by atoms with E-state index in [0.29, 0.717) is 12.1 Å². The summed E-state index contributed by atoms with van der Waals surface area (Å²) in [5.74, 6) is -0.131. The summed E-state index contributed by atoms with van der Waals surface area (Å²) in [6, 6.07) is 1.98. The van der Waals surface area contributed by atoms with E-state index in [2.05, 4.69) is 15.1 Å². The van der Waals surface area contributed by atoms with E-state index in [1.165, 1.54) is 51.9 Å². The van der Waals surface area contributed by atoms with E-state index < -0.39 is 5.54 Å². The molecule has 4 fully saturated rings. The van der Waals surface area contributed by atoms with Crippen molar-refractivity contribution < 1.29 is 4.79 Å². The summed E-state index contributed by atoms with van der Waals surface area (Å²) in [6.07, 6.45) is 8.18. The Balaban J connectivity index is 1.35. The zero-order valence-electron chi connectivity index (χ0n) is 12.9. The van der Waals surface area contributed by atoms with Crippen molar-refractivity contribution in [2.24, 2.45) is 5.73 Å². The fraction of sp³-hybridized carbons (Fsp3) is 0.938. The number of nitrogens with two attached hydrogens (primary N) is 1. The molecule has 2 atom stereocenters. The van der Waals surface area contributed by atoms with E-state index in [0.717, 1.165) is 25.3 Å². The molecule has 3 aliphatic carbocycles. The lowest BCUT2D eigenvalue weighted by Gasteiger charge is -2.39. The van der Waals surface area contributed by atoms with Gasteiger partial charge in [0.1, 0.15) is 0 Å². The number of nitrogens with one attached hydrogen (secondary N) is 1. The Morgan fingerprint density at radius 1 is 0.952 bits per heavy atom. The van der Waals surface area contributed by atoms with Crippen LogP contribution in [0, 0.1) is 0 Å². The van der Waals surface area contributed by atoms with Crippen LogP contribution in [0.3, 0.4) is 0 Å². The Bertz CT molecular complexity index is 413. The molecule has 118 valence electrons. The van der Waals surface area contributed by atoms with Crippen LogP contribution in [0.1, 0.15) is 44.9 Å². The van der Waals surface area contributed by atoms with Gasteiger partial charge in [0.15, 0.2) is 0 Å². The molecule has 5 heteroatoms. The number of rotatable bonds is 5. The number of amides is 1. The number of carbonyl (C=O) groups excluding carboxylic acids is 1. The lowest BCUT2D eigenvalue weighted by molar-refractivity contribution is -0.124. The highest BCUT2D eigenvalue weighted by atomic mass is 16.1. The minimum atomic E-state index is -0.417. The smallest absolute Gasteiger partial charge is 0.237 e. The fourth-order valence-electron chi connectivity index (χ4n) is 4.28. The van der Waals surface area contributed by atoms with Crippen molar-refractivity contribution >= 4 is 5.91 Å². The van der Waals surface area contributed by atoms with Gasteiger partial charge in [-0.25, -0.2) is 0 Å². The molecular weight excluding hydrogens is 264 g/mol. The fourth-order valence-corrected chi connectivity index (χ4v) is 4.28. The first-order valence-corrected chi connectivity index (χ1v) is 8.72. The van der Waals surface area contributed by atoms with Gasteiger partial charge >= 0.3 is 0 Å². The first-order valence-electron chi connectivity index (χ1n) is 8.72. The summed E-state index contributed by atoms with van der Waals surface area (Å²) in [5.41, 5.74) is 5.33. The van der Waals surface area contributed by atoms with E-state index in [9.17, 15) is 4.79 Å². The van der Waals surface area contributed by atoms with Crippen LogP contribution in [-0.2, 0) is 4.79 Å². The Labute approximate surface area is 127 Å². The lowest BCUT2D eigenvalue weighted by Crippen LogP contribution is -2.56. The standard InChI is InChI=1S/C16H28N4O/c17-15(21)16(18-12-1-2-12)6-5-14(11-16)20-9-7-19(8-10-20)13-3-4-13/h12-14,18H,1-11H2,(H2,17,21). The largest absolute Gasteiger partial charge is 0.368 e. The molecule has 1 heterocycles. The monoisotopic (exact) mass is 292 g/mol. The maximum Gasteiger partial charge on any atom is 0.237 e. The summed E-state index contributed by atoms with van der Waals surface area (Å²) in [5, 5.41) is 3.56. The van der Waals surface area contributed by atoms with Gasteiger partial charge in [0.05, 0.1) is 5.54 Å². The third kappa shape index (κ3) is 2.83. The minimum Gasteiger partial charge on any atom is -0.368 e. The molecule has 0 spiro atoms. The highest BCUT2D eigenvalue weighted by molar-refractivity contribution is 5.85. The summed E-state index contributed by atoms with van der Waals surface area (Å²) in [6.45, 7) is 4.75. The van der Waals surface area contributed by atoms with Crippen molar-refractivity contribution in [2.45, 2.75) is 68.6 Å². The van der Waals surface area contributed by atoms with Crippen LogP contribution in [0.4, 0.5) is 0 Å². The number of piperazine rings is 1. The lowest BCUT2D eigenvalue weighted by atomic mass is 9.95. The number of nitrogens with zero attached hydrogens (tertiary/aromatic N) is 2. The molecule has 21 heavy (non-hydrogen) atoms. The Morgan fingerprint density at radius 3 is 2.10 bits per heavy atom. The zero-order valence-corrected chi connectivity index (χ0v) is 12.9. The average Bonchev–Trinajstić information content (AvgIpc) is 3.39. The van der Waals surface area contributed by atoms with Crippen molar-refractivity contribution in [3.8, 4) is 0 Å². The molecule has 3 saturated carbocycles. The number of primary amides is 1. The van der Waals surface area contributed by atoms with E-state index in [1.54, 1.807) is 0 Å². The normalized spacial score (nSPS) is 38.8. The van der Waals surface area contributed by atoms with Gasteiger partial charge in [-0.2, -0.15) is 0 Å². The van der Waals surface area contributed by atoms with E-state index in [1.807, 2.05) is 0 Å². The molecule has 0 aromatic carbocycles. The molecule has 0 radical (unpaired) electrons. The second-order valence-electron chi connectivity index (χ2n) is 7.56. The topological polar surface area (TPSA) is 61.6 Å². The van der Waals surface area contributed by atoms with Crippen LogP contribution in [0.15, 0.2) is 0 Å². The maximum absolute atomic E-state index is 12.0. The van der Waals surface area contributed by atoms with Gasteiger partial charge in [-0.05, 0) is 44.9 Å². The number of carbonyl (C=O) groups is 1. The predicted molar refractivity (Wildman–Crippen MR) is 81.9 cm³/mol. The number of hydrogen-bond acceptors (Lipinski definition) is 4. The first-order chi connectivity index (χ1) is 10.2. The third-order valence-electron chi connectivity index (χ3n) is 5.95. The van der Waals surface area contributed by atoms with Crippen LogP contribution < -0.4 is 11.1 Å². The molecule has 4 aliphatic rings. The molecular formula is C16H28N4O. The molecule has 4 rings (SSSR count).